The van der Waals surface area contributed by atoms with Crippen LogP contribution in [0.25, 0.3) is 0 Å². The molecule has 8 heteroatoms. The number of amides is 1. The zero-order valence-corrected chi connectivity index (χ0v) is 13.6. The minimum atomic E-state index is -3.69. The van der Waals surface area contributed by atoms with E-state index in [0.29, 0.717) is 25.4 Å². The Kier molecular flexibility index (Phi) is 4.00. The zero-order valence-electron chi connectivity index (χ0n) is 12.8. The maximum absolute atomic E-state index is 13.0. The first-order valence-electron chi connectivity index (χ1n) is 7.54. The van der Waals surface area contributed by atoms with Gasteiger partial charge in [0.2, 0.25) is 5.91 Å². The zero-order chi connectivity index (χ0) is 15.9. The third kappa shape index (κ3) is 2.55. The largest absolute Gasteiger partial charge is 0.465 e. The molecule has 0 radical (unpaired) electrons. The molecule has 0 aromatic carbocycles. The van der Waals surface area contributed by atoms with Gasteiger partial charge in [-0.2, -0.15) is 17.0 Å². The number of carbonyl (C=O) groups excluding carboxylic acids is 1. The Morgan fingerprint density at radius 3 is 2.73 bits per heavy atom. The first-order valence-corrected chi connectivity index (χ1v) is 8.93. The molecule has 122 valence electrons. The number of nitrogens with zero attached hydrogens (tertiary/aromatic N) is 2. The lowest BCUT2D eigenvalue weighted by Crippen LogP contribution is -2.58. The van der Waals surface area contributed by atoms with Gasteiger partial charge >= 0.3 is 0 Å². The van der Waals surface area contributed by atoms with Crippen LogP contribution in [0.2, 0.25) is 0 Å². The summed E-state index contributed by atoms with van der Waals surface area (Å²) in [5.74, 6) is 1.19. The van der Waals surface area contributed by atoms with E-state index in [0.717, 1.165) is 18.6 Å². The van der Waals surface area contributed by atoms with Crippen molar-refractivity contribution >= 4 is 16.1 Å². The summed E-state index contributed by atoms with van der Waals surface area (Å²) in [7, 11) is -3.69. The van der Waals surface area contributed by atoms with Gasteiger partial charge in [-0.3, -0.25) is 4.79 Å². The van der Waals surface area contributed by atoms with Gasteiger partial charge in [-0.15, -0.1) is 0 Å². The molecule has 2 saturated heterocycles. The first-order chi connectivity index (χ1) is 10.4. The van der Waals surface area contributed by atoms with E-state index in [2.05, 4.69) is 5.32 Å². The van der Waals surface area contributed by atoms with Gasteiger partial charge in [-0.25, -0.2) is 0 Å². The molecule has 1 amide bonds. The monoisotopic (exact) mass is 327 g/mol. The van der Waals surface area contributed by atoms with Crippen molar-refractivity contribution in [3.05, 3.63) is 23.7 Å². The molecule has 0 saturated carbocycles. The molecule has 1 aromatic heterocycles. The molecule has 2 aliphatic heterocycles. The van der Waals surface area contributed by atoms with Crippen molar-refractivity contribution in [1.29, 1.82) is 0 Å². The predicted octanol–water partition coefficient (Wildman–Crippen LogP) is 0.790. The van der Waals surface area contributed by atoms with Crippen LogP contribution in [0.1, 0.15) is 37.3 Å². The summed E-state index contributed by atoms with van der Waals surface area (Å²) in [6.07, 6.45) is 1.53. The molecule has 3 rings (SSSR count). The summed E-state index contributed by atoms with van der Waals surface area (Å²) < 4.78 is 34.3. The summed E-state index contributed by atoms with van der Waals surface area (Å²) in [4.78, 5) is 11.8. The van der Waals surface area contributed by atoms with Crippen molar-refractivity contribution in [1.82, 2.24) is 13.9 Å². The quantitative estimate of drug-likeness (QED) is 0.890. The van der Waals surface area contributed by atoms with E-state index >= 15 is 0 Å². The van der Waals surface area contributed by atoms with Gasteiger partial charge in [0.25, 0.3) is 10.2 Å². The molecule has 2 atom stereocenters. The van der Waals surface area contributed by atoms with E-state index in [1.54, 1.807) is 6.92 Å². The highest BCUT2D eigenvalue weighted by Crippen LogP contribution is 2.36. The van der Waals surface area contributed by atoms with Gasteiger partial charge in [0.05, 0.1) is 6.04 Å². The Bertz CT molecular complexity index is 669. The highest BCUT2D eigenvalue weighted by Gasteiger charge is 2.44. The molecule has 0 bridgehead atoms. The number of hydrogen-bond donors (Lipinski definition) is 1. The Balaban J connectivity index is 1.89. The topological polar surface area (TPSA) is 82.9 Å². The molecule has 2 fully saturated rings. The average molecular weight is 327 g/mol. The summed E-state index contributed by atoms with van der Waals surface area (Å²) in [5, 5.41) is 2.69. The molecule has 22 heavy (non-hydrogen) atoms. The average Bonchev–Trinajstić information content (AvgIpc) is 3.10. The van der Waals surface area contributed by atoms with Crippen molar-refractivity contribution in [2.45, 2.75) is 38.8 Å². The second-order valence-corrected chi connectivity index (χ2v) is 7.64. The Morgan fingerprint density at radius 1 is 1.27 bits per heavy atom. The number of hydrogen-bond acceptors (Lipinski definition) is 4. The van der Waals surface area contributed by atoms with E-state index in [1.807, 2.05) is 19.1 Å². The first kappa shape index (κ1) is 15.5. The number of rotatable bonds is 3. The van der Waals surface area contributed by atoms with Crippen LogP contribution >= 0.6 is 0 Å². The van der Waals surface area contributed by atoms with E-state index < -0.39 is 16.3 Å². The Labute approximate surface area is 130 Å². The lowest BCUT2D eigenvalue weighted by atomic mass is 10.2. The lowest BCUT2D eigenvalue weighted by molar-refractivity contribution is -0.126. The molecule has 0 aliphatic carbocycles. The molecule has 0 unspecified atom stereocenters. The molecule has 0 spiro atoms. The molecule has 2 aliphatic rings. The van der Waals surface area contributed by atoms with Gasteiger partial charge in [0.1, 0.15) is 17.6 Å². The van der Waals surface area contributed by atoms with Crippen LogP contribution in [-0.4, -0.2) is 48.6 Å². The lowest BCUT2D eigenvalue weighted by Gasteiger charge is -2.36. The van der Waals surface area contributed by atoms with Gasteiger partial charge in [0, 0.05) is 19.6 Å². The fraction of sp³-hybridized carbons (Fsp3) is 0.643. The molecular formula is C14H21N3O4S. The SMILES string of the molecule is Cc1ccc([C@H]2CCCN2S(=O)(=O)N2CCNC(=O)[C@@H]2C)o1. The fourth-order valence-electron chi connectivity index (χ4n) is 3.14. The summed E-state index contributed by atoms with van der Waals surface area (Å²) >= 11 is 0. The van der Waals surface area contributed by atoms with E-state index in [4.69, 9.17) is 4.42 Å². The van der Waals surface area contributed by atoms with Gasteiger partial charge in [0.15, 0.2) is 0 Å². The summed E-state index contributed by atoms with van der Waals surface area (Å²) in [6.45, 7) is 4.57. The maximum atomic E-state index is 13.0. The van der Waals surface area contributed by atoms with Crippen LogP contribution in [0.5, 0.6) is 0 Å². The summed E-state index contributed by atoms with van der Waals surface area (Å²) in [5.41, 5.74) is 0. The Morgan fingerprint density at radius 2 is 2.05 bits per heavy atom. The minimum absolute atomic E-state index is 0.251. The van der Waals surface area contributed by atoms with Gasteiger partial charge < -0.3 is 9.73 Å². The van der Waals surface area contributed by atoms with Crippen molar-refractivity contribution in [3.8, 4) is 0 Å². The molecule has 1 aromatic rings. The van der Waals surface area contributed by atoms with Crippen molar-refractivity contribution in [3.63, 3.8) is 0 Å². The van der Waals surface area contributed by atoms with Crippen LogP contribution in [0, 0.1) is 6.92 Å². The van der Waals surface area contributed by atoms with E-state index in [1.165, 1.54) is 8.61 Å². The van der Waals surface area contributed by atoms with Crippen molar-refractivity contribution in [2.75, 3.05) is 19.6 Å². The van der Waals surface area contributed by atoms with E-state index in [-0.39, 0.29) is 11.9 Å². The van der Waals surface area contributed by atoms with Crippen molar-refractivity contribution in [2.24, 2.45) is 0 Å². The van der Waals surface area contributed by atoms with Crippen LogP contribution in [0.15, 0.2) is 16.5 Å². The number of nitrogens with one attached hydrogen (secondary N) is 1. The number of furan rings is 1. The minimum Gasteiger partial charge on any atom is -0.465 e. The molecule has 1 N–H and O–H groups in total. The predicted molar refractivity (Wildman–Crippen MR) is 80.2 cm³/mol. The van der Waals surface area contributed by atoms with Crippen LogP contribution in [-0.2, 0) is 15.0 Å². The van der Waals surface area contributed by atoms with Crippen LogP contribution in [0.3, 0.4) is 0 Å². The third-order valence-electron chi connectivity index (χ3n) is 4.33. The van der Waals surface area contributed by atoms with Crippen LogP contribution < -0.4 is 5.32 Å². The highest BCUT2D eigenvalue weighted by molar-refractivity contribution is 7.86. The molecule has 3 heterocycles. The number of aryl methyl sites for hydroxylation is 1. The van der Waals surface area contributed by atoms with E-state index in [9.17, 15) is 13.2 Å². The van der Waals surface area contributed by atoms with Crippen LogP contribution in [0.4, 0.5) is 0 Å². The Hall–Kier alpha value is -1.38. The fourth-order valence-corrected chi connectivity index (χ4v) is 5.12. The molecular weight excluding hydrogens is 306 g/mol. The second kappa shape index (κ2) is 5.68. The maximum Gasteiger partial charge on any atom is 0.283 e. The normalized spacial score (nSPS) is 28.0. The third-order valence-corrected chi connectivity index (χ3v) is 6.45. The molecule has 7 nitrogen and oxygen atoms in total. The smallest absolute Gasteiger partial charge is 0.283 e. The van der Waals surface area contributed by atoms with Gasteiger partial charge in [-0.05, 0) is 38.8 Å². The standard InChI is InChI=1S/C14H21N3O4S/c1-10-5-6-13(21-10)12-4-3-8-17(12)22(19,20)16-9-7-15-14(18)11(16)2/h5-6,11-12H,3-4,7-9H2,1-2H3,(H,15,18)/t11-,12+/m0/s1. The number of piperazine rings is 1. The second-order valence-electron chi connectivity index (χ2n) is 5.80. The van der Waals surface area contributed by atoms with Crippen molar-refractivity contribution < 1.29 is 17.6 Å². The van der Waals surface area contributed by atoms with Gasteiger partial charge in [-0.1, -0.05) is 0 Å². The summed E-state index contributed by atoms with van der Waals surface area (Å²) in [6, 6.07) is 2.71. The number of carbonyl (C=O) groups is 1. The highest BCUT2D eigenvalue weighted by atomic mass is 32.2.